The Labute approximate surface area is 256 Å². The minimum Gasteiger partial charge on any atom is -0.502 e. The molecule has 2 aliphatic rings. The summed E-state index contributed by atoms with van der Waals surface area (Å²) in [5, 5.41) is 20.2. The number of phenols is 2. The van der Waals surface area contributed by atoms with E-state index in [1.165, 1.54) is 0 Å². The van der Waals surface area contributed by atoms with Crippen LogP contribution in [0, 0.1) is 0 Å². The maximum atomic E-state index is 10.1. The van der Waals surface area contributed by atoms with Crippen LogP contribution in [-0.4, -0.2) is 42.5 Å². The van der Waals surface area contributed by atoms with E-state index in [0.29, 0.717) is 0 Å². The summed E-state index contributed by atoms with van der Waals surface area (Å²) in [5.74, 6) is 0.510. The Balaban J connectivity index is 0.000000184. The van der Waals surface area contributed by atoms with Crippen LogP contribution in [-0.2, 0) is 21.1 Å². The zero-order valence-corrected chi connectivity index (χ0v) is 26.5. The van der Waals surface area contributed by atoms with E-state index in [0.717, 1.165) is 34.1 Å². The van der Waals surface area contributed by atoms with Gasteiger partial charge in [0.25, 0.3) is 34.1 Å². The third-order valence-corrected chi connectivity index (χ3v) is 6.71. The van der Waals surface area contributed by atoms with E-state index < -0.39 is 0 Å². The standard InChI is InChI=1S/2C17H17N2O.Pt/c2*1-17(2,3)19-12-18(13-8-4-5-9-14(13)19)15-10-6-7-11-16(15)20;/h2*4-11H,1-3H3;/q2*+1;/p+2. The van der Waals surface area contributed by atoms with Gasteiger partial charge in [-0.15, -0.1) is 0 Å². The van der Waals surface area contributed by atoms with Crippen molar-refractivity contribution in [1.29, 1.82) is 0 Å². The van der Waals surface area contributed by atoms with Gasteiger partial charge in [-0.1, -0.05) is 57.7 Å². The monoisotopic (exact) mass is 727 g/mol. The summed E-state index contributed by atoms with van der Waals surface area (Å²) in [6, 6.07) is 37.7. The van der Waals surface area contributed by atoms with Gasteiger partial charge in [-0.05, 0) is 21.3 Å². The number of hydrogen-bond acceptors (Lipinski definition) is 2. The number of nitrogens with zero attached hydrogens (tertiary/aromatic N) is 4. The fourth-order valence-corrected chi connectivity index (χ4v) is 4.80. The van der Waals surface area contributed by atoms with Gasteiger partial charge in [-0.25, -0.2) is 0 Å². The van der Waals surface area contributed by atoms with E-state index in [-0.39, 0.29) is 43.6 Å². The van der Waals surface area contributed by atoms with Crippen LogP contribution in [0.5, 0.6) is 11.5 Å². The molecule has 4 aromatic rings. The molecule has 0 saturated carbocycles. The third kappa shape index (κ3) is 5.87. The van der Waals surface area contributed by atoms with E-state index in [2.05, 4.69) is 74.8 Å². The van der Waals surface area contributed by atoms with Gasteiger partial charge in [0.05, 0.1) is 0 Å². The minimum absolute atomic E-state index is 0. The molecule has 0 unspecified atom stereocenters. The van der Waals surface area contributed by atoms with Crippen molar-refractivity contribution in [3.8, 4) is 11.5 Å². The molecule has 2 aliphatic heterocycles. The van der Waals surface area contributed by atoms with Gasteiger partial charge in [0.1, 0.15) is 0 Å². The van der Waals surface area contributed by atoms with E-state index in [9.17, 15) is 10.2 Å². The quantitative estimate of drug-likeness (QED) is 0.208. The van der Waals surface area contributed by atoms with Gasteiger partial charge < -0.3 is 10.2 Å². The molecule has 6 nitrogen and oxygen atoms in total. The van der Waals surface area contributed by atoms with Crippen molar-refractivity contribution < 1.29 is 40.4 Å². The molecule has 7 heteroatoms. The average molecular weight is 728 g/mol. The zero-order chi connectivity index (χ0) is 28.7. The van der Waals surface area contributed by atoms with Gasteiger partial charge >= 0.3 is 12.0 Å². The van der Waals surface area contributed by atoms with Gasteiger partial charge in [-0.3, -0.25) is 0 Å². The molecular weight excluding hydrogens is 691 g/mol. The molecule has 41 heavy (non-hydrogen) atoms. The summed E-state index contributed by atoms with van der Waals surface area (Å²) in [7, 11) is 0. The first-order valence-corrected chi connectivity index (χ1v) is 13.4. The normalized spacial score (nSPS) is 13.4. The first-order valence-electron chi connectivity index (χ1n) is 13.4. The maximum Gasteiger partial charge on any atom is 0.497 e. The largest absolute Gasteiger partial charge is 0.502 e. The van der Waals surface area contributed by atoms with Crippen LogP contribution in [0.25, 0.3) is 0 Å². The molecule has 2 N–H and O–H groups in total. The Kier molecular flexibility index (Phi) is 8.33. The smallest absolute Gasteiger partial charge is 0.497 e. The van der Waals surface area contributed by atoms with Crippen molar-refractivity contribution in [3.05, 3.63) is 97.1 Å². The van der Waals surface area contributed by atoms with E-state index >= 15 is 0 Å². The van der Waals surface area contributed by atoms with Crippen LogP contribution in [0.4, 0.5) is 34.1 Å². The molecule has 0 spiro atoms. The molecule has 6 rings (SSSR count). The van der Waals surface area contributed by atoms with E-state index in [1.54, 1.807) is 12.1 Å². The average Bonchev–Trinajstić information content (AvgIpc) is 3.49. The molecule has 0 atom stereocenters. The van der Waals surface area contributed by atoms with Crippen LogP contribution in [0.15, 0.2) is 97.1 Å². The van der Waals surface area contributed by atoms with E-state index in [4.69, 9.17) is 0 Å². The van der Waals surface area contributed by atoms with Crippen LogP contribution < -0.4 is 9.15 Å². The van der Waals surface area contributed by atoms with Crippen molar-refractivity contribution in [2.75, 3.05) is 0 Å². The summed E-state index contributed by atoms with van der Waals surface area (Å²) >= 11 is 0. The fraction of sp³-hybridized carbons (Fsp3) is 0.235. The number of rotatable bonds is 2. The molecule has 0 aromatic heterocycles. The number of fused-ring (bicyclic) bond motifs is 2. The molecule has 0 amide bonds. The van der Waals surface area contributed by atoms with Gasteiger partial charge in [0, 0.05) is 99.0 Å². The second kappa shape index (κ2) is 11.4. The summed E-state index contributed by atoms with van der Waals surface area (Å²) in [6.45, 7) is 12.9. The number of para-hydroxylation sites is 8. The minimum atomic E-state index is -0.0742. The number of phenolic OH excluding ortho intramolecular Hbond substituents is 2. The van der Waals surface area contributed by atoms with Gasteiger partial charge in [0.2, 0.25) is 0 Å². The Morgan fingerprint density at radius 3 is 1.00 bits per heavy atom. The van der Waals surface area contributed by atoms with Gasteiger partial charge in [-0.2, -0.15) is 0 Å². The van der Waals surface area contributed by atoms with Crippen LogP contribution in [0.1, 0.15) is 41.5 Å². The summed E-state index contributed by atoms with van der Waals surface area (Å²) in [6.07, 6.45) is 0. The predicted molar refractivity (Wildman–Crippen MR) is 161 cm³/mol. The molecule has 4 aromatic carbocycles. The second-order valence-electron chi connectivity index (χ2n) is 11.8. The summed E-state index contributed by atoms with van der Waals surface area (Å²) < 4.78 is 8.04. The van der Waals surface area contributed by atoms with Crippen molar-refractivity contribution in [2.24, 2.45) is 0 Å². The van der Waals surface area contributed by atoms with Crippen LogP contribution in [0.2, 0.25) is 0 Å². The SMILES string of the molecule is CC(C)(C)[N+]1=C=[N+](c2ccccc2O)c2ccccc21.CC(C)(C)[N+]1=C=[N+](c2ccccc2O)c2ccccc21.[Pt]. The Bertz CT molecular complexity index is 1630. The molecule has 0 fully saturated rings. The van der Waals surface area contributed by atoms with Crippen molar-refractivity contribution in [2.45, 2.75) is 52.6 Å². The Morgan fingerprint density at radius 1 is 0.439 bits per heavy atom. The Hall–Kier alpha value is -4.07. The van der Waals surface area contributed by atoms with Gasteiger partial charge in [0.15, 0.2) is 22.6 Å². The zero-order valence-electron chi connectivity index (χ0n) is 24.2. The van der Waals surface area contributed by atoms with Crippen LogP contribution in [0.3, 0.4) is 0 Å². The molecule has 0 radical (unpaired) electrons. The number of hydrogen-bond donors (Lipinski definition) is 2. The van der Waals surface area contributed by atoms with E-state index in [1.807, 2.05) is 81.9 Å². The predicted octanol–water partition coefficient (Wildman–Crippen LogP) is 7.71. The third-order valence-electron chi connectivity index (χ3n) is 6.71. The fourth-order valence-electron chi connectivity index (χ4n) is 4.80. The molecule has 0 bridgehead atoms. The molecule has 2 heterocycles. The second-order valence-corrected chi connectivity index (χ2v) is 11.8. The first kappa shape index (κ1) is 29.9. The maximum absolute atomic E-state index is 10.1. The van der Waals surface area contributed by atoms with Crippen LogP contribution >= 0.6 is 0 Å². The van der Waals surface area contributed by atoms with Crippen molar-refractivity contribution in [1.82, 2.24) is 9.15 Å². The van der Waals surface area contributed by atoms with Crippen molar-refractivity contribution >= 4 is 46.1 Å². The molecule has 210 valence electrons. The summed E-state index contributed by atoms with van der Waals surface area (Å²) in [4.78, 5) is 0. The molecule has 0 saturated heterocycles. The molecule has 0 aliphatic carbocycles. The number of aromatic hydroxyl groups is 2. The first-order chi connectivity index (χ1) is 19.0. The Morgan fingerprint density at radius 2 is 0.707 bits per heavy atom. The summed E-state index contributed by atoms with van der Waals surface area (Å²) in [5.41, 5.74) is 5.60. The topological polar surface area (TPSA) is 52.5 Å². The number of benzene rings is 4. The van der Waals surface area contributed by atoms with Crippen molar-refractivity contribution in [3.63, 3.8) is 0 Å². The molecular formula is C34H36N4O2Pt+4.